The zero-order valence-electron chi connectivity index (χ0n) is 10.5. The molecular formula is C14H20N2. The van der Waals surface area contributed by atoms with Gasteiger partial charge in [0.05, 0.1) is 11.4 Å². The molecule has 0 aliphatic rings. The van der Waals surface area contributed by atoms with E-state index < -0.39 is 0 Å². The Bertz CT molecular complexity index is 317. The molecule has 2 nitrogen and oxygen atoms in total. The fraction of sp³-hybridized carbons (Fsp3) is 0.286. The second kappa shape index (κ2) is 9.84. The largest absolute Gasteiger partial charge is 0.255 e. The second-order valence-electron chi connectivity index (χ2n) is 2.99. The van der Waals surface area contributed by atoms with E-state index in [9.17, 15) is 0 Å². The van der Waals surface area contributed by atoms with Gasteiger partial charge in [-0.2, -0.15) is 0 Å². The predicted octanol–water partition coefficient (Wildman–Crippen LogP) is 4.09. The van der Waals surface area contributed by atoms with Crippen LogP contribution in [0.15, 0.2) is 58.8 Å². The summed E-state index contributed by atoms with van der Waals surface area (Å²) in [6.07, 6.45) is 15.1. The molecule has 0 aromatic carbocycles. The second-order valence-corrected chi connectivity index (χ2v) is 2.99. The molecule has 0 N–H and O–H groups in total. The van der Waals surface area contributed by atoms with Crippen molar-refractivity contribution >= 4 is 11.4 Å². The molecule has 86 valence electrons. The average Bonchev–Trinajstić information content (AvgIpc) is 2.30. The topological polar surface area (TPSA) is 24.7 Å². The third-order valence-electron chi connectivity index (χ3n) is 1.64. The summed E-state index contributed by atoms with van der Waals surface area (Å²) < 4.78 is 0. The Labute approximate surface area is 98.5 Å². The Kier molecular flexibility index (Phi) is 8.79. The summed E-state index contributed by atoms with van der Waals surface area (Å²) in [7, 11) is 0. The van der Waals surface area contributed by atoms with Gasteiger partial charge in [0.15, 0.2) is 0 Å². The third kappa shape index (κ3) is 5.91. The molecule has 0 aliphatic heterocycles. The van der Waals surface area contributed by atoms with Crippen molar-refractivity contribution in [3.05, 3.63) is 48.9 Å². The predicted molar refractivity (Wildman–Crippen MR) is 74.1 cm³/mol. The zero-order valence-corrected chi connectivity index (χ0v) is 10.5. The van der Waals surface area contributed by atoms with Gasteiger partial charge in [0.1, 0.15) is 0 Å². The monoisotopic (exact) mass is 216 g/mol. The SMILES string of the molecule is C\C=C/N=C(\C=C/C)C(/C=C\C)=N/C=C\C. The third-order valence-corrected chi connectivity index (χ3v) is 1.64. The van der Waals surface area contributed by atoms with E-state index in [0.29, 0.717) is 0 Å². The lowest BCUT2D eigenvalue weighted by molar-refractivity contribution is 1.50. The highest BCUT2D eigenvalue weighted by molar-refractivity contribution is 6.50. The highest BCUT2D eigenvalue weighted by Gasteiger charge is 1.99. The molecule has 0 unspecified atom stereocenters. The molecule has 0 aromatic rings. The lowest BCUT2D eigenvalue weighted by Gasteiger charge is -1.98. The zero-order chi connectivity index (χ0) is 12.2. The first-order chi connectivity index (χ1) is 7.79. The number of nitrogens with zero attached hydrogens (tertiary/aromatic N) is 2. The molecule has 0 aliphatic carbocycles. The maximum absolute atomic E-state index is 4.34. The molecule has 2 heteroatoms. The lowest BCUT2D eigenvalue weighted by atomic mass is 10.2. The normalized spacial score (nSPS) is 15.2. The van der Waals surface area contributed by atoms with Gasteiger partial charge in [0.2, 0.25) is 0 Å². The minimum Gasteiger partial charge on any atom is -0.255 e. The van der Waals surface area contributed by atoms with Crippen LogP contribution in [0.4, 0.5) is 0 Å². The molecule has 0 fully saturated rings. The fourth-order valence-corrected chi connectivity index (χ4v) is 1.01. The number of hydrogen-bond acceptors (Lipinski definition) is 2. The Morgan fingerprint density at radius 2 is 1.00 bits per heavy atom. The van der Waals surface area contributed by atoms with E-state index in [1.165, 1.54) is 0 Å². The van der Waals surface area contributed by atoms with Crippen molar-refractivity contribution in [2.75, 3.05) is 0 Å². The van der Waals surface area contributed by atoms with Gasteiger partial charge in [0.25, 0.3) is 0 Å². The van der Waals surface area contributed by atoms with Crippen molar-refractivity contribution in [2.24, 2.45) is 9.98 Å². The molecular weight excluding hydrogens is 196 g/mol. The van der Waals surface area contributed by atoms with Gasteiger partial charge in [0, 0.05) is 12.4 Å². The summed E-state index contributed by atoms with van der Waals surface area (Å²) in [5.74, 6) is 0. The quantitative estimate of drug-likeness (QED) is 0.618. The van der Waals surface area contributed by atoms with Crippen molar-refractivity contribution in [1.29, 1.82) is 0 Å². The first-order valence-corrected chi connectivity index (χ1v) is 5.43. The molecule has 0 saturated heterocycles. The number of allylic oxidation sites excluding steroid dienone is 6. The van der Waals surface area contributed by atoms with E-state index in [1.807, 2.05) is 64.2 Å². The van der Waals surface area contributed by atoms with E-state index >= 15 is 0 Å². The molecule has 0 saturated carbocycles. The van der Waals surface area contributed by atoms with Crippen LogP contribution in [0.2, 0.25) is 0 Å². The maximum atomic E-state index is 4.34. The van der Waals surface area contributed by atoms with Crippen molar-refractivity contribution in [1.82, 2.24) is 0 Å². The summed E-state index contributed by atoms with van der Waals surface area (Å²) in [5, 5.41) is 0. The smallest absolute Gasteiger partial charge is 0.0882 e. The highest BCUT2D eigenvalue weighted by atomic mass is 14.8. The van der Waals surface area contributed by atoms with Crippen molar-refractivity contribution in [3.8, 4) is 0 Å². The molecule has 0 bridgehead atoms. The average molecular weight is 216 g/mol. The van der Waals surface area contributed by atoms with E-state index in [2.05, 4.69) is 9.98 Å². The van der Waals surface area contributed by atoms with Crippen LogP contribution in [-0.2, 0) is 0 Å². The first-order valence-electron chi connectivity index (χ1n) is 5.43. The van der Waals surface area contributed by atoms with Crippen molar-refractivity contribution in [2.45, 2.75) is 27.7 Å². The molecule has 0 heterocycles. The van der Waals surface area contributed by atoms with Crippen LogP contribution in [0.1, 0.15) is 27.7 Å². The number of hydrogen-bond donors (Lipinski definition) is 0. The fourth-order valence-electron chi connectivity index (χ4n) is 1.01. The van der Waals surface area contributed by atoms with Gasteiger partial charge in [-0.05, 0) is 39.8 Å². The van der Waals surface area contributed by atoms with E-state index in [-0.39, 0.29) is 0 Å². The molecule has 0 atom stereocenters. The molecule has 0 amide bonds. The van der Waals surface area contributed by atoms with Crippen LogP contribution in [0.25, 0.3) is 0 Å². The lowest BCUT2D eigenvalue weighted by Crippen LogP contribution is -2.08. The summed E-state index contributed by atoms with van der Waals surface area (Å²) in [6.45, 7) is 7.81. The van der Waals surface area contributed by atoms with E-state index in [1.54, 1.807) is 12.4 Å². The van der Waals surface area contributed by atoms with Crippen LogP contribution in [0, 0.1) is 0 Å². The summed E-state index contributed by atoms with van der Waals surface area (Å²) in [4.78, 5) is 8.67. The Morgan fingerprint density at radius 3 is 1.25 bits per heavy atom. The van der Waals surface area contributed by atoms with Crippen molar-refractivity contribution in [3.63, 3.8) is 0 Å². The van der Waals surface area contributed by atoms with Crippen LogP contribution < -0.4 is 0 Å². The Hall–Kier alpha value is -1.70. The molecule has 0 aromatic heterocycles. The van der Waals surface area contributed by atoms with Crippen LogP contribution >= 0.6 is 0 Å². The van der Waals surface area contributed by atoms with E-state index in [4.69, 9.17) is 0 Å². The van der Waals surface area contributed by atoms with Crippen molar-refractivity contribution < 1.29 is 0 Å². The van der Waals surface area contributed by atoms with Crippen LogP contribution in [0.5, 0.6) is 0 Å². The summed E-state index contributed by atoms with van der Waals surface area (Å²) in [5.41, 5.74) is 1.72. The van der Waals surface area contributed by atoms with Gasteiger partial charge >= 0.3 is 0 Å². The minimum absolute atomic E-state index is 0.858. The summed E-state index contributed by atoms with van der Waals surface area (Å²) >= 11 is 0. The molecule has 0 rings (SSSR count). The van der Waals surface area contributed by atoms with Gasteiger partial charge < -0.3 is 0 Å². The number of rotatable bonds is 5. The maximum Gasteiger partial charge on any atom is 0.0882 e. The van der Waals surface area contributed by atoms with Gasteiger partial charge in [-0.25, -0.2) is 0 Å². The van der Waals surface area contributed by atoms with Gasteiger partial charge in [-0.15, -0.1) is 0 Å². The molecule has 0 radical (unpaired) electrons. The Balaban J connectivity index is 5.25. The van der Waals surface area contributed by atoms with Gasteiger partial charge in [-0.1, -0.05) is 24.3 Å². The minimum atomic E-state index is 0.858. The Morgan fingerprint density at radius 1 is 0.625 bits per heavy atom. The van der Waals surface area contributed by atoms with Crippen LogP contribution in [0.3, 0.4) is 0 Å². The van der Waals surface area contributed by atoms with Crippen LogP contribution in [-0.4, -0.2) is 11.4 Å². The highest BCUT2D eigenvalue weighted by Crippen LogP contribution is 1.95. The standard InChI is InChI=1S/C14H20N2/c1-5-9-13(15-11-7-3)14(10-6-2)16-12-8-4/h5-12H,1-4H3/b9-5-,10-6-,11-7-,12-8-,15-13+,16-14+. The first kappa shape index (κ1) is 14.3. The van der Waals surface area contributed by atoms with E-state index in [0.717, 1.165) is 11.4 Å². The molecule has 16 heavy (non-hydrogen) atoms. The van der Waals surface area contributed by atoms with Gasteiger partial charge in [-0.3, -0.25) is 9.98 Å². The summed E-state index contributed by atoms with van der Waals surface area (Å²) in [6, 6.07) is 0. The number of aliphatic imine (C=N–C) groups is 2. The molecule has 0 spiro atoms.